The second-order valence-electron chi connectivity index (χ2n) is 6.56. The summed E-state index contributed by atoms with van der Waals surface area (Å²) in [4.78, 5) is 0. The Bertz CT molecular complexity index is 668. The highest BCUT2D eigenvalue weighted by molar-refractivity contribution is 5.43. The summed E-state index contributed by atoms with van der Waals surface area (Å²) in [6, 6.07) is 12.8. The van der Waals surface area contributed by atoms with E-state index in [0.717, 1.165) is 17.5 Å². The fourth-order valence-electron chi connectivity index (χ4n) is 3.25. The standard InChI is InChI=1S/C20H24O/c1-14-8-10-18(12-15(14)2)20(3,21)19-11-9-16-6-4-5-7-17(16)13-19/h8-13,21H,4-7H2,1-3H3. The third kappa shape index (κ3) is 2.63. The molecule has 0 amide bonds. The van der Waals surface area contributed by atoms with Gasteiger partial charge in [0.15, 0.2) is 0 Å². The van der Waals surface area contributed by atoms with Crippen LogP contribution in [-0.2, 0) is 18.4 Å². The molecular formula is C20H24O. The van der Waals surface area contributed by atoms with E-state index < -0.39 is 5.60 Å². The van der Waals surface area contributed by atoms with E-state index >= 15 is 0 Å². The lowest BCUT2D eigenvalue weighted by molar-refractivity contribution is 0.102. The quantitative estimate of drug-likeness (QED) is 0.862. The maximum Gasteiger partial charge on any atom is 0.112 e. The van der Waals surface area contributed by atoms with Gasteiger partial charge in [0, 0.05) is 0 Å². The number of hydrogen-bond acceptors (Lipinski definition) is 1. The Balaban J connectivity index is 2.02. The number of hydrogen-bond donors (Lipinski definition) is 1. The fourth-order valence-corrected chi connectivity index (χ4v) is 3.25. The molecule has 0 saturated heterocycles. The van der Waals surface area contributed by atoms with Crippen molar-refractivity contribution in [2.24, 2.45) is 0 Å². The highest BCUT2D eigenvalue weighted by Gasteiger charge is 2.27. The van der Waals surface area contributed by atoms with Crippen molar-refractivity contribution in [3.63, 3.8) is 0 Å². The summed E-state index contributed by atoms with van der Waals surface area (Å²) in [6.07, 6.45) is 4.88. The van der Waals surface area contributed by atoms with Crippen LogP contribution in [0.15, 0.2) is 36.4 Å². The number of rotatable bonds is 2. The molecule has 3 rings (SSSR count). The van der Waals surface area contributed by atoms with E-state index in [1.807, 2.05) is 13.0 Å². The van der Waals surface area contributed by atoms with Crippen molar-refractivity contribution in [1.29, 1.82) is 0 Å². The monoisotopic (exact) mass is 280 g/mol. The van der Waals surface area contributed by atoms with Gasteiger partial charge in [-0.3, -0.25) is 0 Å². The van der Waals surface area contributed by atoms with Gasteiger partial charge in [0.25, 0.3) is 0 Å². The molecular weight excluding hydrogens is 256 g/mol. The lowest BCUT2D eigenvalue weighted by atomic mass is 9.83. The molecule has 1 N–H and O–H groups in total. The van der Waals surface area contributed by atoms with E-state index in [4.69, 9.17) is 0 Å². The van der Waals surface area contributed by atoms with Gasteiger partial charge in [-0.2, -0.15) is 0 Å². The van der Waals surface area contributed by atoms with Gasteiger partial charge in [-0.25, -0.2) is 0 Å². The van der Waals surface area contributed by atoms with Crippen LogP contribution in [0, 0.1) is 13.8 Å². The maximum absolute atomic E-state index is 11.1. The average molecular weight is 280 g/mol. The molecule has 110 valence electrons. The first-order valence-corrected chi connectivity index (χ1v) is 7.91. The highest BCUT2D eigenvalue weighted by Crippen LogP contribution is 2.33. The smallest absolute Gasteiger partial charge is 0.112 e. The normalized spacial score (nSPS) is 17.1. The molecule has 1 aliphatic rings. The first-order chi connectivity index (χ1) is 9.98. The Labute approximate surface area is 127 Å². The molecule has 21 heavy (non-hydrogen) atoms. The molecule has 1 atom stereocenters. The van der Waals surface area contributed by atoms with Crippen molar-refractivity contribution < 1.29 is 5.11 Å². The number of benzene rings is 2. The van der Waals surface area contributed by atoms with Crippen LogP contribution in [0.3, 0.4) is 0 Å². The van der Waals surface area contributed by atoms with Crippen molar-refractivity contribution in [2.45, 2.75) is 52.1 Å². The summed E-state index contributed by atoms with van der Waals surface area (Å²) in [5.74, 6) is 0. The molecule has 0 radical (unpaired) electrons. The van der Waals surface area contributed by atoms with Gasteiger partial charge in [-0.15, -0.1) is 0 Å². The molecule has 0 aliphatic heterocycles. The summed E-state index contributed by atoms with van der Waals surface area (Å²) in [5.41, 5.74) is 6.42. The zero-order valence-electron chi connectivity index (χ0n) is 13.2. The zero-order valence-corrected chi connectivity index (χ0v) is 13.2. The topological polar surface area (TPSA) is 20.2 Å². The Morgan fingerprint density at radius 2 is 1.43 bits per heavy atom. The first kappa shape index (κ1) is 14.3. The van der Waals surface area contributed by atoms with Gasteiger partial charge in [0.05, 0.1) is 0 Å². The Hall–Kier alpha value is -1.60. The summed E-state index contributed by atoms with van der Waals surface area (Å²) >= 11 is 0. The van der Waals surface area contributed by atoms with Crippen LogP contribution in [0.5, 0.6) is 0 Å². The molecule has 1 aliphatic carbocycles. The third-order valence-electron chi connectivity index (χ3n) is 4.98. The van der Waals surface area contributed by atoms with Crippen LogP contribution in [0.25, 0.3) is 0 Å². The Kier molecular flexibility index (Phi) is 3.62. The summed E-state index contributed by atoms with van der Waals surface area (Å²) in [6.45, 7) is 6.11. The number of aryl methyl sites for hydroxylation is 4. The summed E-state index contributed by atoms with van der Waals surface area (Å²) in [7, 11) is 0. The largest absolute Gasteiger partial charge is 0.381 e. The second-order valence-corrected chi connectivity index (χ2v) is 6.56. The van der Waals surface area contributed by atoms with Crippen molar-refractivity contribution in [2.75, 3.05) is 0 Å². The van der Waals surface area contributed by atoms with Crippen molar-refractivity contribution in [3.8, 4) is 0 Å². The molecule has 0 bridgehead atoms. The Morgan fingerprint density at radius 1 is 0.810 bits per heavy atom. The van der Waals surface area contributed by atoms with Gasteiger partial charge in [0.2, 0.25) is 0 Å². The zero-order chi connectivity index (χ0) is 15.0. The van der Waals surface area contributed by atoms with Crippen LogP contribution < -0.4 is 0 Å². The SMILES string of the molecule is Cc1ccc(C(C)(O)c2ccc3c(c2)CCCC3)cc1C. The molecule has 0 saturated carbocycles. The van der Waals surface area contributed by atoms with Crippen LogP contribution in [0.2, 0.25) is 0 Å². The van der Waals surface area contributed by atoms with E-state index in [0.29, 0.717) is 0 Å². The second kappa shape index (κ2) is 5.31. The van der Waals surface area contributed by atoms with Gasteiger partial charge >= 0.3 is 0 Å². The predicted molar refractivity (Wildman–Crippen MR) is 87.7 cm³/mol. The van der Waals surface area contributed by atoms with E-state index in [-0.39, 0.29) is 0 Å². The van der Waals surface area contributed by atoms with Crippen molar-refractivity contribution in [3.05, 3.63) is 69.8 Å². The van der Waals surface area contributed by atoms with E-state index in [9.17, 15) is 5.11 Å². The molecule has 1 nitrogen and oxygen atoms in total. The molecule has 2 aromatic carbocycles. The molecule has 2 aromatic rings. The summed E-state index contributed by atoms with van der Waals surface area (Å²) < 4.78 is 0. The number of fused-ring (bicyclic) bond motifs is 1. The van der Waals surface area contributed by atoms with E-state index in [1.54, 1.807) is 0 Å². The number of aliphatic hydroxyl groups is 1. The van der Waals surface area contributed by atoms with E-state index in [1.165, 1.54) is 41.5 Å². The van der Waals surface area contributed by atoms with Gasteiger partial charge in [-0.05, 0) is 79.8 Å². The Morgan fingerprint density at radius 3 is 2.14 bits per heavy atom. The molecule has 0 heterocycles. The molecule has 0 spiro atoms. The molecule has 0 aromatic heterocycles. The van der Waals surface area contributed by atoms with Crippen molar-refractivity contribution >= 4 is 0 Å². The van der Waals surface area contributed by atoms with Gasteiger partial charge in [0.1, 0.15) is 5.60 Å². The van der Waals surface area contributed by atoms with Crippen LogP contribution in [0.1, 0.15) is 53.1 Å². The van der Waals surface area contributed by atoms with Crippen molar-refractivity contribution in [1.82, 2.24) is 0 Å². The lowest BCUT2D eigenvalue weighted by Crippen LogP contribution is -2.23. The molecule has 1 unspecified atom stereocenters. The minimum Gasteiger partial charge on any atom is -0.381 e. The average Bonchev–Trinajstić information content (AvgIpc) is 2.49. The minimum atomic E-state index is -0.926. The minimum absolute atomic E-state index is 0.926. The van der Waals surface area contributed by atoms with E-state index in [2.05, 4.69) is 44.2 Å². The fraction of sp³-hybridized carbons (Fsp3) is 0.400. The van der Waals surface area contributed by atoms with Gasteiger partial charge in [-0.1, -0.05) is 36.4 Å². The van der Waals surface area contributed by atoms with Gasteiger partial charge < -0.3 is 5.11 Å². The lowest BCUT2D eigenvalue weighted by Gasteiger charge is -2.27. The van der Waals surface area contributed by atoms with Crippen LogP contribution in [-0.4, -0.2) is 5.11 Å². The van der Waals surface area contributed by atoms with Crippen LogP contribution in [0.4, 0.5) is 0 Å². The maximum atomic E-state index is 11.1. The predicted octanol–water partition coefficient (Wildman–Crippen LogP) is 4.44. The highest BCUT2D eigenvalue weighted by atomic mass is 16.3. The third-order valence-corrected chi connectivity index (χ3v) is 4.98. The summed E-state index contributed by atoms with van der Waals surface area (Å²) in [5, 5.41) is 11.1. The van der Waals surface area contributed by atoms with Crippen LogP contribution >= 0.6 is 0 Å². The molecule has 1 heteroatoms. The molecule has 0 fully saturated rings. The first-order valence-electron chi connectivity index (χ1n) is 7.91.